The Labute approximate surface area is 211 Å². The highest BCUT2D eigenvalue weighted by Gasteiger charge is 2.36. The Hall–Kier alpha value is -2.66. The van der Waals surface area contributed by atoms with Crippen LogP contribution in [0.1, 0.15) is 75.3 Å². The molecule has 0 saturated carbocycles. The van der Waals surface area contributed by atoms with E-state index >= 15 is 0 Å². The lowest BCUT2D eigenvalue weighted by Crippen LogP contribution is -2.25. The molecule has 2 nitrogen and oxygen atoms in total. The molecule has 0 atom stereocenters. The Morgan fingerprint density at radius 3 is 1.83 bits per heavy atom. The van der Waals surface area contributed by atoms with Gasteiger partial charge in [0.25, 0.3) is 0 Å². The highest BCUT2D eigenvalue weighted by molar-refractivity contribution is 6.31. The number of hydrogen-bond acceptors (Lipinski definition) is 2. The SMILES string of the molecule is COc1cc(C(C)(C)c2ccccc2OC(F)(F)F)ccc1C(C)(C)c1ccc(C(C)C)c(Cl)c1. The van der Waals surface area contributed by atoms with Crippen molar-refractivity contribution in [2.24, 2.45) is 0 Å². The van der Waals surface area contributed by atoms with Gasteiger partial charge in [0.1, 0.15) is 11.5 Å². The number of para-hydroxylation sites is 1. The highest BCUT2D eigenvalue weighted by atomic mass is 35.5. The molecule has 35 heavy (non-hydrogen) atoms. The molecule has 3 rings (SSSR count). The van der Waals surface area contributed by atoms with Gasteiger partial charge in [0, 0.05) is 27.0 Å². The Morgan fingerprint density at radius 2 is 1.29 bits per heavy atom. The summed E-state index contributed by atoms with van der Waals surface area (Å²) in [4.78, 5) is 0. The van der Waals surface area contributed by atoms with Crippen LogP contribution in [0.3, 0.4) is 0 Å². The van der Waals surface area contributed by atoms with Crippen molar-refractivity contribution < 1.29 is 22.6 Å². The van der Waals surface area contributed by atoms with Crippen LogP contribution in [0.4, 0.5) is 13.2 Å². The van der Waals surface area contributed by atoms with E-state index in [2.05, 4.69) is 44.6 Å². The average molecular weight is 505 g/mol. The van der Waals surface area contributed by atoms with Crippen LogP contribution in [0.25, 0.3) is 0 Å². The van der Waals surface area contributed by atoms with Crippen molar-refractivity contribution in [3.05, 3.63) is 93.5 Å². The lowest BCUT2D eigenvalue weighted by atomic mass is 9.73. The smallest absolute Gasteiger partial charge is 0.496 e. The van der Waals surface area contributed by atoms with Crippen LogP contribution in [-0.2, 0) is 10.8 Å². The van der Waals surface area contributed by atoms with E-state index in [0.717, 1.165) is 27.3 Å². The summed E-state index contributed by atoms with van der Waals surface area (Å²) in [6, 6.07) is 18.2. The number of ether oxygens (including phenoxy) is 2. The fourth-order valence-electron chi connectivity index (χ4n) is 4.49. The summed E-state index contributed by atoms with van der Waals surface area (Å²) in [7, 11) is 1.60. The molecule has 0 spiro atoms. The van der Waals surface area contributed by atoms with Gasteiger partial charge in [-0.05, 0) is 40.8 Å². The topological polar surface area (TPSA) is 18.5 Å². The summed E-state index contributed by atoms with van der Waals surface area (Å²) in [5.41, 5.74) is 3.12. The fourth-order valence-corrected chi connectivity index (χ4v) is 4.89. The second-order valence-corrected chi connectivity index (χ2v) is 10.5. The van der Waals surface area contributed by atoms with E-state index in [1.807, 2.05) is 38.1 Å². The minimum atomic E-state index is -4.77. The van der Waals surface area contributed by atoms with Gasteiger partial charge in [0.15, 0.2) is 0 Å². The summed E-state index contributed by atoms with van der Waals surface area (Å²) in [5.74, 6) is 0.757. The first-order valence-corrected chi connectivity index (χ1v) is 11.9. The van der Waals surface area contributed by atoms with Crippen molar-refractivity contribution in [2.75, 3.05) is 7.11 Å². The Kier molecular flexibility index (Phi) is 7.52. The average Bonchev–Trinajstić information content (AvgIpc) is 2.77. The molecule has 0 N–H and O–H groups in total. The number of alkyl halides is 3. The number of rotatable bonds is 7. The molecule has 0 bridgehead atoms. The predicted molar refractivity (Wildman–Crippen MR) is 136 cm³/mol. The van der Waals surface area contributed by atoms with Gasteiger partial charge in [0.05, 0.1) is 7.11 Å². The van der Waals surface area contributed by atoms with Gasteiger partial charge in [0.2, 0.25) is 0 Å². The van der Waals surface area contributed by atoms with Gasteiger partial charge in [-0.2, -0.15) is 0 Å². The minimum Gasteiger partial charge on any atom is -0.496 e. The molecular formula is C29H32ClF3O2. The molecule has 3 aromatic rings. The predicted octanol–water partition coefficient (Wildman–Crippen LogP) is 9.02. The largest absolute Gasteiger partial charge is 0.573 e. The van der Waals surface area contributed by atoms with Crippen LogP contribution >= 0.6 is 11.6 Å². The standard InChI is InChI=1S/C29H32ClF3O2/c1-18(2)21-14-12-19(16-24(21)30)27(3,4)23-15-13-20(17-26(23)34-7)28(5,6)22-10-8-9-11-25(22)35-29(31,32)33/h8-18H,1-7H3. The highest BCUT2D eigenvalue weighted by Crippen LogP contribution is 2.44. The van der Waals surface area contributed by atoms with Crippen LogP contribution in [0, 0.1) is 0 Å². The Morgan fingerprint density at radius 1 is 0.743 bits per heavy atom. The summed E-state index contributed by atoms with van der Waals surface area (Å²) in [5, 5.41) is 0.726. The van der Waals surface area contributed by atoms with Gasteiger partial charge in [-0.25, -0.2) is 0 Å². The molecule has 0 heterocycles. The van der Waals surface area contributed by atoms with Gasteiger partial charge in [-0.15, -0.1) is 13.2 Å². The second kappa shape index (κ2) is 9.77. The molecule has 0 unspecified atom stereocenters. The van der Waals surface area contributed by atoms with Crippen molar-refractivity contribution in [2.45, 2.75) is 64.7 Å². The monoisotopic (exact) mass is 504 g/mol. The molecular weight excluding hydrogens is 473 g/mol. The first kappa shape index (κ1) is 26.9. The van der Waals surface area contributed by atoms with Crippen LogP contribution in [-0.4, -0.2) is 13.5 Å². The zero-order valence-corrected chi connectivity index (χ0v) is 21.9. The van der Waals surface area contributed by atoms with E-state index in [9.17, 15) is 13.2 Å². The molecule has 0 radical (unpaired) electrons. The van der Waals surface area contributed by atoms with E-state index in [1.54, 1.807) is 19.2 Å². The minimum absolute atomic E-state index is 0.215. The molecule has 0 aliphatic heterocycles. The van der Waals surface area contributed by atoms with Crippen molar-refractivity contribution in [3.63, 3.8) is 0 Å². The summed E-state index contributed by atoms with van der Waals surface area (Å²) >= 11 is 6.58. The van der Waals surface area contributed by atoms with Crippen LogP contribution in [0.15, 0.2) is 60.7 Å². The maximum absolute atomic E-state index is 13.0. The van der Waals surface area contributed by atoms with E-state index in [4.69, 9.17) is 16.3 Å². The third-order valence-corrected chi connectivity index (χ3v) is 7.05. The van der Waals surface area contributed by atoms with Gasteiger partial charge in [-0.3, -0.25) is 0 Å². The quantitative estimate of drug-likeness (QED) is 0.319. The summed E-state index contributed by atoms with van der Waals surface area (Å²) in [6.07, 6.45) is -4.77. The number of hydrogen-bond donors (Lipinski definition) is 0. The lowest BCUT2D eigenvalue weighted by molar-refractivity contribution is -0.275. The van der Waals surface area contributed by atoms with Gasteiger partial charge >= 0.3 is 6.36 Å². The summed E-state index contributed by atoms with van der Waals surface area (Å²) in [6.45, 7) is 12.2. The molecule has 0 saturated heterocycles. The fraction of sp³-hybridized carbons (Fsp3) is 0.379. The molecule has 6 heteroatoms. The molecule has 0 amide bonds. The van der Waals surface area contributed by atoms with E-state index in [-0.39, 0.29) is 5.75 Å². The van der Waals surface area contributed by atoms with Gasteiger partial charge < -0.3 is 9.47 Å². The number of halogens is 4. The zero-order chi connectivity index (χ0) is 26.2. The van der Waals surface area contributed by atoms with Crippen molar-refractivity contribution in [3.8, 4) is 11.5 Å². The Balaban J connectivity index is 2.07. The van der Waals surface area contributed by atoms with Gasteiger partial charge in [-0.1, -0.05) is 95.6 Å². The van der Waals surface area contributed by atoms with Crippen LogP contribution in [0.5, 0.6) is 11.5 Å². The number of methoxy groups -OCH3 is 1. The van der Waals surface area contributed by atoms with Crippen molar-refractivity contribution >= 4 is 11.6 Å². The van der Waals surface area contributed by atoms with Crippen LogP contribution < -0.4 is 9.47 Å². The maximum atomic E-state index is 13.0. The van der Waals surface area contributed by atoms with Crippen molar-refractivity contribution in [1.29, 1.82) is 0 Å². The molecule has 0 aliphatic rings. The number of benzene rings is 3. The molecule has 188 valence electrons. The van der Waals surface area contributed by atoms with E-state index < -0.39 is 17.2 Å². The third-order valence-electron chi connectivity index (χ3n) is 6.73. The van der Waals surface area contributed by atoms with E-state index in [1.165, 1.54) is 12.1 Å². The summed E-state index contributed by atoms with van der Waals surface area (Å²) < 4.78 is 49.2. The first-order valence-electron chi connectivity index (χ1n) is 11.5. The molecule has 0 fully saturated rings. The molecule has 0 aliphatic carbocycles. The first-order chi connectivity index (χ1) is 16.2. The molecule has 0 aromatic heterocycles. The van der Waals surface area contributed by atoms with Crippen LogP contribution in [0.2, 0.25) is 5.02 Å². The normalized spacial score (nSPS) is 12.7. The van der Waals surface area contributed by atoms with Crippen molar-refractivity contribution in [1.82, 2.24) is 0 Å². The molecule has 3 aromatic carbocycles. The lowest BCUT2D eigenvalue weighted by Gasteiger charge is -2.32. The van der Waals surface area contributed by atoms with E-state index in [0.29, 0.717) is 17.2 Å². The third kappa shape index (κ3) is 5.61. The zero-order valence-electron chi connectivity index (χ0n) is 21.2. The Bertz CT molecular complexity index is 1200. The second-order valence-electron chi connectivity index (χ2n) is 10.1. The maximum Gasteiger partial charge on any atom is 0.573 e.